The molecule has 30 heavy (non-hydrogen) atoms. The normalized spacial score (nSPS) is 12.1. The number of benzene rings is 1. The Morgan fingerprint density at radius 2 is 1.90 bits per heavy atom. The molecule has 1 atom stereocenters. The minimum Gasteiger partial charge on any atom is -0.458 e. The van der Waals surface area contributed by atoms with Crippen LogP contribution in [0.1, 0.15) is 26.3 Å². The number of hydrogen-bond acceptors (Lipinski definition) is 6. The van der Waals surface area contributed by atoms with E-state index in [0.717, 1.165) is 16.8 Å². The maximum absolute atomic E-state index is 12.7. The van der Waals surface area contributed by atoms with Crippen LogP contribution in [0.15, 0.2) is 60.2 Å². The van der Waals surface area contributed by atoms with Gasteiger partial charge in [0.25, 0.3) is 0 Å². The van der Waals surface area contributed by atoms with Crippen LogP contribution in [-0.4, -0.2) is 33.6 Å². The zero-order valence-corrected chi connectivity index (χ0v) is 17.9. The summed E-state index contributed by atoms with van der Waals surface area (Å²) in [7, 11) is 0. The Hall–Kier alpha value is -3.26. The lowest BCUT2D eigenvalue weighted by molar-refractivity contribution is -0.157. The van der Waals surface area contributed by atoms with Crippen LogP contribution in [0, 0.1) is 0 Å². The molecule has 0 saturated carbocycles. The molecule has 0 radical (unpaired) electrons. The number of nitrogens with zero attached hydrogens (tertiary/aromatic N) is 2. The first kappa shape index (κ1) is 21.4. The van der Waals surface area contributed by atoms with E-state index >= 15 is 0 Å². The smallest absolute Gasteiger partial charge is 0.329 e. The van der Waals surface area contributed by atoms with E-state index in [-0.39, 0.29) is 0 Å². The third kappa shape index (κ3) is 6.38. The molecule has 0 aliphatic heterocycles. The molecule has 0 fully saturated rings. The number of anilines is 1. The Bertz CT molecular complexity index is 984. The number of nitrogens with one attached hydrogen (secondary N) is 2. The lowest BCUT2D eigenvalue weighted by atomic mass is 10.1. The van der Waals surface area contributed by atoms with Crippen LogP contribution in [0.25, 0.3) is 11.3 Å². The second-order valence-corrected chi connectivity index (χ2v) is 8.51. The van der Waals surface area contributed by atoms with Crippen LogP contribution in [-0.2, 0) is 16.0 Å². The minimum atomic E-state index is -0.829. The van der Waals surface area contributed by atoms with Crippen LogP contribution >= 0.6 is 11.3 Å². The van der Waals surface area contributed by atoms with Gasteiger partial charge in [-0.2, -0.15) is 0 Å². The van der Waals surface area contributed by atoms with Crippen LogP contribution in [0.5, 0.6) is 0 Å². The van der Waals surface area contributed by atoms with Crippen LogP contribution in [0.4, 0.5) is 9.93 Å². The molecule has 8 heteroatoms. The van der Waals surface area contributed by atoms with Gasteiger partial charge in [0.05, 0.1) is 5.69 Å². The highest BCUT2D eigenvalue weighted by molar-refractivity contribution is 7.14. The number of aromatic nitrogens is 2. The SMILES string of the molecule is CC(C)(C)OC(=O)[C@@H](Cc1ccccc1)NC(=O)Nc1nc(-c2cccnc2)cs1. The number of esters is 1. The lowest BCUT2D eigenvalue weighted by Gasteiger charge is -2.24. The van der Waals surface area contributed by atoms with Crippen molar-refractivity contribution in [3.8, 4) is 11.3 Å². The summed E-state index contributed by atoms with van der Waals surface area (Å²) in [5, 5.41) is 7.67. The summed E-state index contributed by atoms with van der Waals surface area (Å²) >= 11 is 1.30. The molecule has 2 N–H and O–H groups in total. The Labute approximate surface area is 179 Å². The van der Waals surface area contributed by atoms with E-state index in [1.807, 2.05) is 47.8 Å². The molecule has 3 rings (SSSR count). The monoisotopic (exact) mass is 424 g/mol. The molecular weight excluding hydrogens is 400 g/mol. The first-order chi connectivity index (χ1) is 14.3. The molecule has 0 unspecified atom stereocenters. The molecule has 2 aromatic heterocycles. The zero-order chi connectivity index (χ0) is 21.6. The third-order valence-electron chi connectivity index (χ3n) is 3.96. The van der Waals surface area contributed by atoms with Gasteiger partial charge >= 0.3 is 12.0 Å². The predicted molar refractivity (Wildman–Crippen MR) is 117 cm³/mol. The summed E-state index contributed by atoms with van der Waals surface area (Å²) in [6.07, 6.45) is 3.71. The fourth-order valence-corrected chi connectivity index (χ4v) is 3.40. The number of carbonyl (C=O) groups is 2. The summed E-state index contributed by atoms with van der Waals surface area (Å²) in [5.74, 6) is -0.489. The summed E-state index contributed by atoms with van der Waals surface area (Å²) in [6, 6.07) is 11.8. The average molecular weight is 425 g/mol. The highest BCUT2D eigenvalue weighted by Gasteiger charge is 2.27. The predicted octanol–water partition coefficient (Wildman–Crippen LogP) is 4.28. The number of rotatable bonds is 6. The summed E-state index contributed by atoms with van der Waals surface area (Å²) in [6.45, 7) is 5.38. The van der Waals surface area contributed by atoms with Crippen molar-refractivity contribution in [1.29, 1.82) is 0 Å². The topological polar surface area (TPSA) is 93.2 Å². The van der Waals surface area contributed by atoms with Gasteiger partial charge in [-0.15, -0.1) is 11.3 Å². The van der Waals surface area contributed by atoms with E-state index in [1.54, 1.807) is 33.2 Å². The van der Waals surface area contributed by atoms with E-state index in [1.165, 1.54) is 11.3 Å². The molecule has 0 bridgehead atoms. The standard InChI is InChI=1S/C22H24N4O3S/c1-22(2,3)29-19(27)17(12-15-8-5-4-6-9-15)24-20(28)26-21-25-18(14-30-21)16-10-7-11-23-13-16/h4-11,13-14,17H,12H2,1-3H3,(H2,24,25,26,28)/t17-/m1/s1. The Morgan fingerprint density at radius 1 is 1.13 bits per heavy atom. The maximum atomic E-state index is 12.7. The first-order valence-corrected chi connectivity index (χ1v) is 10.4. The Morgan fingerprint density at radius 3 is 2.57 bits per heavy atom. The zero-order valence-electron chi connectivity index (χ0n) is 17.1. The molecule has 1 aromatic carbocycles. The maximum Gasteiger partial charge on any atom is 0.329 e. The molecule has 0 spiro atoms. The highest BCUT2D eigenvalue weighted by atomic mass is 32.1. The van der Waals surface area contributed by atoms with Crippen LogP contribution < -0.4 is 10.6 Å². The van der Waals surface area contributed by atoms with Gasteiger partial charge in [0.15, 0.2) is 5.13 Å². The van der Waals surface area contributed by atoms with E-state index < -0.39 is 23.6 Å². The summed E-state index contributed by atoms with van der Waals surface area (Å²) in [4.78, 5) is 33.7. The molecule has 3 aromatic rings. The van der Waals surface area contributed by atoms with Gasteiger partial charge in [-0.05, 0) is 38.5 Å². The number of urea groups is 1. The number of ether oxygens (including phenoxy) is 1. The van der Waals surface area contributed by atoms with Gasteiger partial charge in [-0.1, -0.05) is 30.3 Å². The van der Waals surface area contributed by atoms with Crippen molar-refractivity contribution < 1.29 is 14.3 Å². The molecule has 0 saturated heterocycles. The lowest BCUT2D eigenvalue weighted by Crippen LogP contribution is -2.47. The minimum absolute atomic E-state index is 0.321. The van der Waals surface area contributed by atoms with E-state index in [0.29, 0.717) is 11.6 Å². The molecule has 7 nitrogen and oxygen atoms in total. The van der Waals surface area contributed by atoms with E-state index in [2.05, 4.69) is 20.6 Å². The third-order valence-corrected chi connectivity index (χ3v) is 4.72. The molecule has 2 heterocycles. The molecule has 2 amide bonds. The summed E-state index contributed by atoms with van der Waals surface area (Å²) in [5.41, 5.74) is 1.84. The average Bonchev–Trinajstić information content (AvgIpc) is 3.16. The van der Waals surface area contributed by atoms with Crippen LogP contribution in [0.3, 0.4) is 0 Å². The number of thiazole rings is 1. The fraction of sp³-hybridized carbons (Fsp3) is 0.273. The Balaban J connectivity index is 1.68. The number of hydrogen-bond donors (Lipinski definition) is 2. The Kier molecular flexibility index (Phi) is 6.79. The van der Waals surface area contributed by atoms with Crippen molar-refractivity contribution >= 4 is 28.5 Å². The van der Waals surface area contributed by atoms with E-state index in [9.17, 15) is 9.59 Å². The van der Waals surface area contributed by atoms with Crippen molar-refractivity contribution in [2.45, 2.75) is 38.8 Å². The molecule has 0 aliphatic carbocycles. The molecule has 156 valence electrons. The fourth-order valence-electron chi connectivity index (χ4n) is 2.69. The first-order valence-electron chi connectivity index (χ1n) is 9.50. The summed E-state index contributed by atoms with van der Waals surface area (Å²) < 4.78 is 5.48. The molecule has 0 aliphatic rings. The van der Waals surface area contributed by atoms with Gasteiger partial charge in [0.1, 0.15) is 11.6 Å². The second-order valence-electron chi connectivity index (χ2n) is 7.65. The number of pyridine rings is 1. The molecular formula is C22H24N4O3S. The quantitative estimate of drug-likeness (QED) is 0.576. The number of amides is 2. The van der Waals surface area contributed by atoms with Crippen molar-refractivity contribution in [2.24, 2.45) is 0 Å². The van der Waals surface area contributed by atoms with Crippen LogP contribution in [0.2, 0.25) is 0 Å². The van der Waals surface area contributed by atoms with Crippen molar-refractivity contribution in [1.82, 2.24) is 15.3 Å². The highest BCUT2D eigenvalue weighted by Crippen LogP contribution is 2.24. The van der Waals surface area contributed by atoms with Crippen molar-refractivity contribution in [2.75, 3.05) is 5.32 Å². The van der Waals surface area contributed by atoms with Gasteiger partial charge in [0, 0.05) is 29.8 Å². The second kappa shape index (κ2) is 9.49. The van der Waals surface area contributed by atoms with Gasteiger partial charge in [0.2, 0.25) is 0 Å². The van der Waals surface area contributed by atoms with Gasteiger partial charge in [-0.3, -0.25) is 10.3 Å². The van der Waals surface area contributed by atoms with E-state index in [4.69, 9.17) is 4.74 Å². The van der Waals surface area contributed by atoms with Crippen molar-refractivity contribution in [3.05, 3.63) is 65.8 Å². The van der Waals surface area contributed by atoms with Crippen molar-refractivity contribution in [3.63, 3.8) is 0 Å². The number of carbonyl (C=O) groups excluding carboxylic acids is 2. The van der Waals surface area contributed by atoms with Gasteiger partial charge < -0.3 is 10.1 Å². The van der Waals surface area contributed by atoms with Gasteiger partial charge in [-0.25, -0.2) is 14.6 Å². The largest absolute Gasteiger partial charge is 0.458 e.